The Labute approximate surface area is 83.6 Å². The molecule has 0 aromatic carbocycles. The lowest BCUT2D eigenvalue weighted by molar-refractivity contribution is -0.138. The van der Waals surface area contributed by atoms with Gasteiger partial charge in [0.15, 0.2) is 0 Å². The van der Waals surface area contributed by atoms with Crippen molar-refractivity contribution < 1.29 is 17.9 Å². The molecule has 1 aliphatic rings. The highest BCUT2D eigenvalue weighted by Gasteiger charge is 2.35. The Morgan fingerprint density at radius 1 is 1.33 bits per heavy atom. The van der Waals surface area contributed by atoms with Crippen LogP contribution >= 0.6 is 0 Å². The predicted octanol–water partition coefficient (Wildman–Crippen LogP) is 1.88. The van der Waals surface area contributed by atoms with Crippen LogP contribution in [-0.4, -0.2) is 24.0 Å². The summed E-state index contributed by atoms with van der Waals surface area (Å²) in [5, 5.41) is 0. The number of alkyl halides is 3. The van der Waals surface area contributed by atoms with Crippen LogP contribution in [0.1, 0.15) is 11.1 Å². The number of rotatable bonds is 1. The normalized spacial score (nSPS) is 16.1. The summed E-state index contributed by atoms with van der Waals surface area (Å²) in [4.78, 5) is 7.30. The fraction of sp³-hybridized carbons (Fsp3) is 0.333. The summed E-state index contributed by atoms with van der Waals surface area (Å²) < 4.78 is 42.7. The summed E-state index contributed by atoms with van der Waals surface area (Å²) in [5.74, 6) is 0.0460. The van der Waals surface area contributed by atoms with Crippen LogP contribution in [0.2, 0.25) is 0 Å². The number of aliphatic imine (C=N–C) groups is 1. The second-order valence-electron chi connectivity index (χ2n) is 2.95. The number of halogens is 3. The molecule has 0 spiro atoms. The van der Waals surface area contributed by atoms with E-state index in [1.54, 1.807) is 0 Å². The first kappa shape index (κ1) is 9.95. The highest BCUT2D eigenvalue weighted by molar-refractivity contribution is 5.96. The highest BCUT2D eigenvalue weighted by atomic mass is 19.4. The van der Waals surface area contributed by atoms with Crippen molar-refractivity contribution in [3.8, 4) is 0 Å². The molecule has 0 saturated heterocycles. The minimum absolute atomic E-state index is 0.0460. The summed E-state index contributed by atoms with van der Waals surface area (Å²) >= 11 is 0. The van der Waals surface area contributed by atoms with Crippen molar-refractivity contribution in [1.82, 2.24) is 4.98 Å². The van der Waals surface area contributed by atoms with Crippen molar-refractivity contribution in [3.63, 3.8) is 0 Å². The molecule has 6 heteroatoms. The first-order valence-electron chi connectivity index (χ1n) is 4.28. The van der Waals surface area contributed by atoms with Gasteiger partial charge in [0, 0.05) is 12.4 Å². The summed E-state index contributed by atoms with van der Waals surface area (Å²) in [7, 11) is 0. The third-order valence-electron chi connectivity index (χ3n) is 1.94. The van der Waals surface area contributed by atoms with Crippen molar-refractivity contribution >= 4 is 5.90 Å². The molecule has 3 nitrogen and oxygen atoms in total. The van der Waals surface area contributed by atoms with Gasteiger partial charge in [0.2, 0.25) is 5.90 Å². The van der Waals surface area contributed by atoms with Crippen LogP contribution in [0.3, 0.4) is 0 Å². The van der Waals surface area contributed by atoms with E-state index >= 15 is 0 Å². The highest BCUT2D eigenvalue weighted by Crippen LogP contribution is 2.32. The zero-order valence-electron chi connectivity index (χ0n) is 7.58. The fourth-order valence-electron chi connectivity index (χ4n) is 1.30. The molecule has 0 fully saturated rings. The van der Waals surface area contributed by atoms with Gasteiger partial charge in [0.05, 0.1) is 17.7 Å². The van der Waals surface area contributed by atoms with Gasteiger partial charge in [-0.05, 0) is 6.07 Å². The van der Waals surface area contributed by atoms with Crippen LogP contribution in [0.25, 0.3) is 0 Å². The van der Waals surface area contributed by atoms with Gasteiger partial charge in [-0.2, -0.15) is 13.2 Å². The molecular weight excluding hydrogens is 209 g/mol. The molecule has 0 atom stereocenters. The number of hydrogen-bond acceptors (Lipinski definition) is 3. The first-order valence-corrected chi connectivity index (χ1v) is 4.28. The van der Waals surface area contributed by atoms with Gasteiger partial charge in [-0.25, -0.2) is 4.99 Å². The molecule has 0 bridgehead atoms. The standard InChI is InChI=1S/C9H7F3N2O/c10-9(11,12)7-5-13-2-1-6(7)8-14-3-4-15-8/h1-2,5H,3-4H2. The van der Waals surface area contributed by atoms with Crippen LogP contribution in [0.4, 0.5) is 13.2 Å². The lowest BCUT2D eigenvalue weighted by atomic mass is 10.1. The van der Waals surface area contributed by atoms with E-state index < -0.39 is 11.7 Å². The average Bonchev–Trinajstić information content (AvgIpc) is 2.69. The van der Waals surface area contributed by atoms with Gasteiger partial charge < -0.3 is 4.74 Å². The van der Waals surface area contributed by atoms with Crippen LogP contribution in [-0.2, 0) is 10.9 Å². The number of pyridine rings is 1. The van der Waals surface area contributed by atoms with Crippen LogP contribution in [0.5, 0.6) is 0 Å². The van der Waals surface area contributed by atoms with Crippen molar-refractivity contribution in [2.75, 3.05) is 13.2 Å². The summed E-state index contributed by atoms with van der Waals surface area (Å²) in [6, 6.07) is 1.26. The van der Waals surface area contributed by atoms with Gasteiger partial charge >= 0.3 is 6.18 Å². The Bertz CT molecular complexity index is 401. The zero-order chi connectivity index (χ0) is 10.9. The van der Waals surface area contributed by atoms with E-state index in [-0.39, 0.29) is 11.5 Å². The lowest BCUT2D eigenvalue weighted by Crippen LogP contribution is -2.14. The lowest BCUT2D eigenvalue weighted by Gasteiger charge is -2.11. The third-order valence-corrected chi connectivity index (χ3v) is 1.94. The maximum Gasteiger partial charge on any atom is 0.418 e. The largest absolute Gasteiger partial charge is 0.475 e. The van der Waals surface area contributed by atoms with E-state index in [0.717, 1.165) is 6.20 Å². The van der Waals surface area contributed by atoms with Crippen LogP contribution in [0, 0.1) is 0 Å². The number of hydrogen-bond donors (Lipinski definition) is 0. The first-order chi connectivity index (χ1) is 7.09. The minimum Gasteiger partial charge on any atom is -0.475 e. The van der Waals surface area contributed by atoms with Gasteiger partial charge in [-0.3, -0.25) is 4.98 Å². The second-order valence-corrected chi connectivity index (χ2v) is 2.95. The van der Waals surface area contributed by atoms with E-state index in [0.29, 0.717) is 13.2 Å². The quantitative estimate of drug-likeness (QED) is 0.718. The number of nitrogens with zero attached hydrogens (tertiary/aromatic N) is 2. The molecule has 0 radical (unpaired) electrons. The topological polar surface area (TPSA) is 34.5 Å². The third kappa shape index (κ3) is 1.93. The Hall–Kier alpha value is -1.59. The molecule has 1 aromatic heterocycles. The molecule has 15 heavy (non-hydrogen) atoms. The molecule has 2 heterocycles. The summed E-state index contributed by atoms with van der Waals surface area (Å²) in [6.45, 7) is 0.726. The molecule has 0 amide bonds. The Morgan fingerprint density at radius 3 is 2.73 bits per heavy atom. The molecule has 1 aromatic rings. The SMILES string of the molecule is FC(F)(F)c1cnccc1C1=NCCO1. The molecule has 2 rings (SSSR count). The van der Waals surface area contributed by atoms with E-state index in [1.165, 1.54) is 12.3 Å². The Balaban J connectivity index is 2.47. The molecule has 0 unspecified atom stereocenters. The average molecular weight is 216 g/mol. The van der Waals surface area contributed by atoms with Crippen LogP contribution in [0.15, 0.2) is 23.5 Å². The van der Waals surface area contributed by atoms with Crippen LogP contribution < -0.4 is 0 Å². The number of aromatic nitrogens is 1. The monoisotopic (exact) mass is 216 g/mol. The molecule has 80 valence electrons. The summed E-state index contributed by atoms with van der Waals surface area (Å²) in [6.07, 6.45) is -2.37. The van der Waals surface area contributed by atoms with Crippen molar-refractivity contribution in [1.29, 1.82) is 0 Å². The minimum atomic E-state index is -4.43. The van der Waals surface area contributed by atoms with Gasteiger partial charge in [-0.15, -0.1) is 0 Å². The van der Waals surface area contributed by atoms with Crippen molar-refractivity contribution in [2.45, 2.75) is 6.18 Å². The summed E-state index contributed by atoms with van der Waals surface area (Å²) in [5.41, 5.74) is -0.861. The maximum atomic E-state index is 12.6. The fourth-order valence-corrected chi connectivity index (χ4v) is 1.30. The Morgan fingerprint density at radius 2 is 2.13 bits per heavy atom. The zero-order valence-corrected chi connectivity index (χ0v) is 7.58. The predicted molar refractivity (Wildman–Crippen MR) is 46.6 cm³/mol. The molecule has 0 aliphatic carbocycles. The number of ether oxygens (including phenoxy) is 1. The maximum absolute atomic E-state index is 12.6. The van der Waals surface area contributed by atoms with E-state index in [4.69, 9.17) is 4.74 Å². The van der Waals surface area contributed by atoms with Gasteiger partial charge in [0.25, 0.3) is 0 Å². The van der Waals surface area contributed by atoms with Crippen molar-refractivity contribution in [3.05, 3.63) is 29.6 Å². The smallest absolute Gasteiger partial charge is 0.418 e. The van der Waals surface area contributed by atoms with E-state index in [1.807, 2.05) is 0 Å². The molecule has 0 N–H and O–H groups in total. The molecule has 1 aliphatic heterocycles. The van der Waals surface area contributed by atoms with E-state index in [9.17, 15) is 13.2 Å². The van der Waals surface area contributed by atoms with Crippen molar-refractivity contribution in [2.24, 2.45) is 4.99 Å². The molecular formula is C9H7F3N2O. The second kappa shape index (κ2) is 3.52. The molecule has 0 saturated carbocycles. The Kier molecular flexibility index (Phi) is 2.34. The van der Waals surface area contributed by atoms with Gasteiger partial charge in [0.1, 0.15) is 6.61 Å². The van der Waals surface area contributed by atoms with E-state index in [2.05, 4.69) is 9.98 Å². The van der Waals surface area contributed by atoms with Gasteiger partial charge in [-0.1, -0.05) is 0 Å².